The monoisotopic (exact) mass is 374 g/mol. The summed E-state index contributed by atoms with van der Waals surface area (Å²) in [6.45, 7) is 4.16. The van der Waals surface area contributed by atoms with E-state index in [2.05, 4.69) is 42.2 Å². The van der Waals surface area contributed by atoms with Gasteiger partial charge >= 0.3 is 0 Å². The van der Waals surface area contributed by atoms with Crippen molar-refractivity contribution >= 4 is 35.0 Å². The Balaban J connectivity index is 1.74. The third kappa shape index (κ3) is 4.10. The Bertz CT molecular complexity index is 864. The lowest BCUT2D eigenvalue weighted by Crippen LogP contribution is -1.92. The summed E-state index contributed by atoms with van der Waals surface area (Å²) in [7, 11) is 0. The SMILES string of the molecule is Cc1ccc(C)c(-c2ccc(SCc3ccc(Cl)cc3Cl)nn2)c1. The molecule has 0 amide bonds. The predicted octanol–water partition coefficient (Wildman–Crippen LogP) is 6.36. The zero-order valence-corrected chi connectivity index (χ0v) is 15.7. The first kappa shape index (κ1) is 17.3. The second-order valence-corrected chi connectivity index (χ2v) is 7.44. The number of hydrogen-bond acceptors (Lipinski definition) is 3. The topological polar surface area (TPSA) is 25.8 Å². The molecule has 2 nitrogen and oxygen atoms in total. The van der Waals surface area contributed by atoms with Crippen LogP contribution in [0.4, 0.5) is 0 Å². The van der Waals surface area contributed by atoms with E-state index in [0.29, 0.717) is 10.0 Å². The first-order chi connectivity index (χ1) is 11.5. The van der Waals surface area contributed by atoms with Crippen molar-refractivity contribution in [2.45, 2.75) is 24.6 Å². The van der Waals surface area contributed by atoms with E-state index in [1.165, 1.54) is 11.1 Å². The van der Waals surface area contributed by atoms with Gasteiger partial charge in [0.2, 0.25) is 0 Å². The van der Waals surface area contributed by atoms with Gasteiger partial charge in [0.05, 0.1) is 5.69 Å². The Morgan fingerprint density at radius 1 is 0.917 bits per heavy atom. The van der Waals surface area contributed by atoms with Crippen LogP contribution in [-0.4, -0.2) is 10.2 Å². The van der Waals surface area contributed by atoms with Crippen LogP contribution in [0.25, 0.3) is 11.3 Å². The molecule has 1 heterocycles. The number of aromatic nitrogens is 2. The first-order valence-electron chi connectivity index (χ1n) is 7.51. The van der Waals surface area contributed by atoms with Crippen LogP contribution in [0.2, 0.25) is 10.0 Å². The second-order valence-electron chi connectivity index (χ2n) is 5.60. The minimum atomic E-state index is 0.645. The zero-order valence-electron chi connectivity index (χ0n) is 13.4. The van der Waals surface area contributed by atoms with Gasteiger partial charge in [-0.1, -0.05) is 58.7 Å². The third-order valence-electron chi connectivity index (χ3n) is 3.70. The molecule has 2 aromatic carbocycles. The highest BCUT2D eigenvalue weighted by Crippen LogP contribution is 2.28. The van der Waals surface area contributed by atoms with Crippen LogP contribution in [0.15, 0.2) is 53.6 Å². The fourth-order valence-corrected chi connectivity index (χ4v) is 3.72. The molecule has 122 valence electrons. The summed E-state index contributed by atoms with van der Waals surface area (Å²) in [6, 6.07) is 15.9. The fraction of sp³-hybridized carbons (Fsp3) is 0.158. The molecule has 3 aromatic rings. The maximum Gasteiger partial charge on any atom is 0.119 e. The Kier molecular flexibility index (Phi) is 5.44. The van der Waals surface area contributed by atoms with Crippen LogP contribution in [0.3, 0.4) is 0 Å². The molecule has 0 atom stereocenters. The van der Waals surface area contributed by atoms with Gasteiger partial charge in [0.1, 0.15) is 5.03 Å². The van der Waals surface area contributed by atoms with Gasteiger partial charge < -0.3 is 0 Å². The molecular weight excluding hydrogens is 359 g/mol. The van der Waals surface area contributed by atoms with Gasteiger partial charge in [-0.3, -0.25) is 0 Å². The van der Waals surface area contributed by atoms with E-state index in [9.17, 15) is 0 Å². The van der Waals surface area contributed by atoms with Gasteiger partial charge in [-0.2, -0.15) is 0 Å². The van der Waals surface area contributed by atoms with E-state index in [0.717, 1.165) is 27.6 Å². The molecule has 3 rings (SSSR count). The molecule has 0 spiro atoms. The highest BCUT2D eigenvalue weighted by Gasteiger charge is 2.07. The maximum absolute atomic E-state index is 6.20. The minimum absolute atomic E-state index is 0.645. The molecule has 0 radical (unpaired) electrons. The van der Waals surface area contributed by atoms with Gasteiger partial charge in [-0.15, -0.1) is 10.2 Å². The number of thioether (sulfide) groups is 1. The van der Waals surface area contributed by atoms with Crippen LogP contribution in [-0.2, 0) is 5.75 Å². The Morgan fingerprint density at radius 3 is 2.46 bits per heavy atom. The van der Waals surface area contributed by atoms with Crippen LogP contribution < -0.4 is 0 Å². The predicted molar refractivity (Wildman–Crippen MR) is 103 cm³/mol. The van der Waals surface area contributed by atoms with E-state index in [1.807, 2.05) is 24.3 Å². The summed E-state index contributed by atoms with van der Waals surface area (Å²) in [5, 5.41) is 10.9. The summed E-state index contributed by atoms with van der Waals surface area (Å²) in [4.78, 5) is 0. The van der Waals surface area contributed by atoms with Gasteiger partial charge in [-0.05, 0) is 55.3 Å². The first-order valence-corrected chi connectivity index (χ1v) is 9.25. The van der Waals surface area contributed by atoms with Crippen molar-refractivity contribution in [2.75, 3.05) is 0 Å². The van der Waals surface area contributed by atoms with Crippen molar-refractivity contribution in [1.82, 2.24) is 10.2 Å². The Hall–Kier alpha value is -1.55. The molecule has 24 heavy (non-hydrogen) atoms. The zero-order chi connectivity index (χ0) is 17.1. The molecule has 0 unspecified atom stereocenters. The summed E-state index contributed by atoms with van der Waals surface area (Å²) >= 11 is 13.7. The summed E-state index contributed by atoms with van der Waals surface area (Å²) in [6.07, 6.45) is 0. The summed E-state index contributed by atoms with van der Waals surface area (Å²) in [5.74, 6) is 0.730. The van der Waals surface area contributed by atoms with Crippen LogP contribution in [0.1, 0.15) is 16.7 Å². The number of benzene rings is 2. The van der Waals surface area contributed by atoms with Crippen molar-refractivity contribution in [3.8, 4) is 11.3 Å². The normalized spacial score (nSPS) is 10.8. The number of hydrogen-bond donors (Lipinski definition) is 0. The minimum Gasteiger partial charge on any atom is -0.149 e. The van der Waals surface area contributed by atoms with Crippen molar-refractivity contribution in [3.05, 3.63) is 75.3 Å². The molecule has 1 aromatic heterocycles. The molecule has 0 aliphatic rings. The van der Waals surface area contributed by atoms with Gasteiger partial charge in [0.25, 0.3) is 0 Å². The lowest BCUT2D eigenvalue weighted by Gasteiger charge is -2.07. The highest BCUT2D eigenvalue weighted by molar-refractivity contribution is 7.98. The van der Waals surface area contributed by atoms with Gasteiger partial charge in [-0.25, -0.2) is 0 Å². The summed E-state index contributed by atoms with van der Waals surface area (Å²) in [5.41, 5.74) is 5.47. The molecule has 0 aliphatic heterocycles. The van der Waals surface area contributed by atoms with Crippen LogP contribution >= 0.6 is 35.0 Å². The lowest BCUT2D eigenvalue weighted by atomic mass is 10.0. The molecule has 5 heteroatoms. The third-order valence-corrected chi connectivity index (χ3v) is 5.26. The average molecular weight is 375 g/mol. The number of aryl methyl sites for hydroxylation is 2. The van der Waals surface area contributed by atoms with E-state index in [4.69, 9.17) is 23.2 Å². The Morgan fingerprint density at radius 2 is 1.75 bits per heavy atom. The largest absolute Gasteiger partial charge is 0.149 e. The molecule has 0 fully saturated rings. The molecule has 0 saturated heterocycles. The second kappa shape index (κ2) is 7.56. The smallest absolute Gasteiger partial charge is 0.119 e. The molecule has 0 aliphatic carbocycles. The van der Waals surface area contributed by atoms with Crippen LogP contribution in [0, 0.1) is 13.8 Å². The number of halogens is 2. The maximum atomic E-state index is 6.20. The highest BCUT2D eigenvalue weighted by atomic mass is 35.5. The average Bonchev–Trinajstić information content (AvgIpc) is 2.57. The summed E-state index contributed by atoms with van der Waals surface area (Å²) < 4.78 is 0. The van der Waals surface area contributed by atoms with Gasteiger partial charge in [0, 0.05) is 21.4 Å². The standard InChI is InChI=1S/C19H16Cl2N2S/c1-12-3-4-13(2)16(9-12)18-7-8-19(23-22-18)24-11-14-5-6-15(20)10-17(14)21/h3-10H,11H2,1-2H3. The molecule has 0 N–H and O–H groups in total. The van der Waals surface area contributed by atoms with Crippen LogP contribution in [0.5, 0.6) is 0 Å². The molecule has 0 bridgehead atoms. The fourth-order valence-electron chi connectivity index (χ4n) is 2.34. The Labute approximate surface area is 156 Å². The van der Waals surface area contributed by atoms with Crippen molar-refractivity contribution in [2.24, 2.45) is 0 Å². The van der Waals surface area contributed by atoms with E-state index < -0.39 is 0 Å². The molecule has 0 saturated carbocycles. The van der Waals surface area contributed by atoms with Crippen molar-refractivity contribution < 1.29 is 0 Å². The lowest BCUT2D eigenvalue weighted by molar-refractivity contribution is 0.934. The number of rotatable bonds is 4. The van der Waals surface area contributed by atoms with Crippen molar-refractivity contribution in [1.29, 1.82) is 0 Å². The van der Waals surface area contributed by atoms with E-state index in [-0.39, 0.29) is 0 Å². The van der Waals surface area contributed by atoms with E-state index in [1.54, 1.807) is 17.8 Å². The number of nitrogens with zero attached hydrogens (tertiary/aromatic N) is 2. The van der Waals surface area contributed by atoms with Crippen molar-refractivity contribution in [3.63, 3.8) is 0 Å². The molecular formula is C19H16Cl2N2S. The van der Waals surface area contributed by atoms with Gasteiger partial charge in [0.15, 0.2) is 0 Å². The van der Waals surface area contributed by atoms with E-state index >= 15 is 0 Å². The quantitative estimate of drug-likeness (QED) is 0.496.